The van der Waals surface area contributed by atoms with Gasteiger partial charge in [0.2, 0.25) is 5.88 Å². The van der Waals surface area contributed by atoms with Gasteiger partial charge in [0.1, 0.15) is 11.4 Å². The standard InChI is InChI=1S/C27H36ClN5O3/c1-15(2)14-35-26(34)30-13-17-6-8-18(9-7-17)20-11-10-19(12-21(20)28)23-27(4,5)36-25-22(33-23)24(29)31-16(3)32-25/h10-12,15,17-18H,6-9,13-14H2,1-5H3,(H,30,34)(H2,29,31,32)/t17-,18-. The molecule has 2 aliphatic rings. The zero-order valence-corrected chi connectivity index (χ0v) is 22.5. The lowest BCUT2D eigenvalue weighted by atomic mass is 9.78. The number of carbonyl (C=O) groups is 1. The Hall–Kier alpha value is -2.87. The second-order valence-corrected chi connectivity index (χ2v) is 11.1. The van der Waals surface area contributed by atoms with Crippen LogP contribution in [0.4, 0.5) is 16.3 Å². The van der Waals surface area contributed by atoms with Crippen LogP contribution in [-0.2, 0) is 4.74 Å². The van der Waals surface area contributed by atoms with Gasteiger partial charge in [-0.1, -0.05) is 37.6 Å². The smallest absolute Gasteiger partial charge is 0.407 e. The average molecular weight is 514 g/mol. The summed E-state index contributed by atoms with van der Waals surface area (Å²) < 4.78 is 11.4. The predicted octanol–water partition coefficient (Wildman–Crippen LogP) is 5.97. The molecule has 2 heterocycles. The Morgan fingerprint density at radius 2 is 1.97 bits per heavy atom. The number of aromatic nitrogens is 2. The highest BCUT2D eigenvalue weighted by Gasteiger charge is 2.36. The van der Waals surface area contributed by atoms with Crippen LogP contribution in [-0.4, -0.2) is 40.5 Å². The number of hydrogen-bond acceptors (Lipinski definition) is 7. The number of ether oxygens (including phenoxy) is 2. The van der Waals surface area contributed by atoms with Gasteiger partial charge in [0.25, 0.3) is 0 Å². The van der Waals surface area contributed by atoms with Crippen LogP contribution < -0.4 is 15.8 Å². The Bertz CT molecular complexity index is 1160. The summed E-state index contributed by atoms with van der Waals surface area (Å²) in [6.07, 6.45) is 3.81. The first-order chi connectivity index (χ1) is 17.0. The average Bonchev–Trinajstić information content (AvgIpc) is 2.80. The predicted molar refractivity (Wildman–Crippen MR) is 142 cm³/mol. The van der Waals surface area contributed by atoms with Crippen LogP contribution in [0.15, 0.2) is 23.2 Å². The van der Waals surface area contributed by atoms with Crippen LogP contribution in [0.5, 0.6) is 5.88 Å². The van der Waals surface area contributed by atoms with Crippen LogP contribution in [0.1, 0.15) is 76.2 Å². The zero-order chi connectivity index (χ0) is 26.0. The fourth-order valence-electron chi connectivity index (χ4n) is 4.89. The van der Waals surface area contributed by atoms with E-state index in [2.05, 4.69) is 27.4 Å². The number of rotatable bonds is 6. The molecule has 0 unspecified atom stereocenters. The second-order valence-electron chi connectivity index (χ2n) is 10.7. The maximum absolute atomic E-state index is 11.8. The van der Waals surface area contributed by atoms with Crippen LogP contribution in [0.25, 0.3) is 0 Å². The summed E-state index contributed by atoms with van der Waals surface area (Å²) in [5, 5.41) is 3.63. The molecule has 2 aromatic rings. The first-order valence-corrected chi connectivity index (χ1v) is 13.0. The summed E-state index contributed by atoms with van der Waals surface area (Å²) >= 11 is 6.81. The van der Waals surface area contributed by atoms with Crippen molar-refractivity contribution < 1.29 is 14.3 Å². The Morgan fingerprint density at radius 3 is 2.64 bits per heavy atom. The van der Waals surface area contributed by atoms with Crippen molar-refractivity contribution in [3.05, 3.63) is 40.2 Å². The van der Waals surface area contributed by atoms with Crippen LogP contribution in [0, 0.1) is 18.8 Å². The third-order valence-electron chi connectivity index (χ3n) is 6.78. The molecule has 9 heteroatoms. The van der Waals surface area contributed by atoms with E-state index in [0.717, 1.165) is 47.5 Å². The van der Waals surface area contributed by atoms with E-state index >= 15 is 0 Å². The lowest BCUT2D eigenvalue weighted by Crippen LogP contribution is -2.41. The molecular formula is C27H36ClN5O3. The van der Waals surface area contributed by atoms with Crippen molar-refractivity contribution in [3.63, 3.8) is 0 Å². The van der Waals surface area contributed by atoms with Gasteiger partial charge in [-0.2, -0.15) is 4.98 Å². The van der Waals surface area contributed by atoms with Gasteiger partial charge in [-0.3, -0.25) is 0 Å². The minimum Gasteiger partial charge on any atom is -0.463 e. The van der Waals surface area contributed by atoms with Crippen molar-refractivity contribution in [1.82, 2.24) is 15.3 Å². The molecule has 3 N–H and O–H groups in total. The summed E-state index contributed by atoms with van der Waals surface area (Å²) in [5.41, 5.74) is 8.63. The molecule has 8 nitrogen and oxygen atoms in total. The quantitative estimate of drug-likeness (QED) is 0.492. The number of alkyl carbamates (subject to hydrolysis) is 1. The van der Waals surface area contributed by atoms with Gasteiger partial charge in [-0.05, 0) is 75.8 Å². The molecule has 1 amide bonds. The van der Waals surface area contributed by atoms with Crippen molar-refractivity contribution in [1.29, 1.82) is 0 Å². The number of nitrogens with two attached hydrogens (primary N) is 1. The number of halogens is 1. The number of nitrogens with zero attached hydrogens (tertiary/aromatic N) is 3. The van der Waals surface area contributed by atoms with Crippen molar-refractivity contribution >= 4 is 34.9 Å². The van der Waals surface area contributed by atoms with Gasteiger partial charge in [0, 0.05) is 17.1 Å². The summed E-state index contributed by atoms with van der Waals surface area (Å²) in [5.74, 6) is 2.42. The number of aryl methyl sites for hydroxylation is 1. The minimum atomic E-state index is -0.702. The highest BCUT2D eigenvalue weighted by Crippen LogP contribution is 2.42. The number of fused-ring (bicyclic) bond motifs is 1. The molecule has 36 heavy (non-hydrogen) atoms. The van der Waals surface area contributed by atoms with Crippen molar-refractivity contribution in [2.45, 2.75) is 71.8 Å². The van der Waals surface area contributed by atoms with Crippen molar-refractivity contribution in [2.75, 3.05) is 18.9 Å². The number of anilines is 1. The monoisotopic (exact) mass is 513 g/mol. The molecule has 1 saturated carbocycles. The van der Waals surface area contributed by atoms with E-state index in [-0.39, 0.29) is 6.09 Å². The summed E-state index contributed by atoms with van der Waals surface area (Å²) in [6, 6.07) is 6.13. The molecular weight excluding hydrogens is 478 g/mol. The first kappa shape index (κ1) is 26.2. The van der Waals surface area contributed by atoms with Gasteiger partial charge in [-0.25, -0.2) is 14.8 Å². The lowest BCUT2D eigenvalue weighted by Gasteiger charge is -2.33. The van der Waals surface area contributed by atoms with Gasteiger partial charge in [-0.15, -0.1) is 0 Å². The normalized spacial score (nSPS) is 20.8. The SMILES string of the molecule is Cc1nc(N)c2c(n1)OC(C)(C)C(c1ccc([C@H]3CC[C@H](CNC(=O)OCC(C)C)CC3)c(Cl)c1)=N2. The molecule has 1 aliphatic carbocycles. The van der Waals surface area contributed by atoms with Gasteiger partial charge < -0.3 is 20.5 Å². The van der Waals surface area contributed by atoms with Crippen LogP contribution >= 0.6 is 11.6 Å². The molecule has 0 radical (unpaired) electrons. The van der Waals surface area contributed by atoms with E-state index in [0.29, 0.717) is 54.1 Å². The highest BCUT2D eigenvalue weighted by atomic mass is 35.5. The van der Waals surface area contributed by atoms with E-state index in [4.69, 9.17) is 31.8 Å². The molecule has 0 atom stereocenters. The Kier molecular flexibility index (Phi) is 7.73. The molecule has 194 valence electrons. The second kappa shape index (κ2) is 10.6. The molecule has 0 spiro atoms. The van der Waals surface area contributed by atoms with Crippen molar-refractivity contribution in [3.8, 4) is 5.88 Å². The van der Waals surface area contributed by atoms with E-state index in [1.54, 1.807) is 6.92 Å². The van der Waals surface area contributed by atoms with E-state index in [1.807, 2.05) is 33.8 Å². The number of hydrogen-bond donors (Lipinski definition) is 2. The highest BCUT2D eigenvalue weighted by molar-refractivity contribution is 6.32. The third kappa shape index (κ3) is 5.91. The number of carbonyl (C=O) groups excluding carboxylic acids is 1. The lowest BCUT2D eigenvalue weighted by molar-refractivity contribution is 0.130. The molecule has 1 aliphatic heterocycles. The number of amides is 1. The Morgan fingerprint density at radius 1 is 1.25 bits per heavy atom. The van der Waals surface area contributed by atoms with E-state index < -0.39 is 5.60 Å². The Labute approximate surface area is 218 Å². The Balaban J connectivity index is 1.42. The summed E-state index contributed by atoms with van der Waals surface area (Å²) in [4.78, 5) is 25.2. The van der Waals surface area contributed by atoms with Crippen molar-refractivity contribution in [2.24, 2.45) is 16.8 Å². The van der Waals surface area contributed by atoms with E-state index in [9.17, 15) is 4.79 Å². The zero-order valence-electron chi connectivity index (χ0n) is 21.7. The molecule has 0 bridgehead atoms. The number of aliphatic imine (C=N–C) groups is 1. The van der Waals surface area contributed by atoms with Gasteiger partial charge in [0.05, 0.1) is 12.3 Å². The molecule has 1 fully saturated rings. The summed E-state index contributed by atoms with van der Waals surface area (Å²) in [6.45, 7) is 10.8. The number of nitrogens with one attached hydrogen (secondary N) is 1. The molecule has 1 aromatic heterocycles. The summed E-state index contributed by atoms with van der Waals surface area (Å²) in [7, 11) is 0. The van der Waals surface area contributed by atoms with Gasteiger partial charge in [0.15, 0.2) is 11.5 Å². The first-order valence-electron chi connectivity index (χ1n) is 12.7. The fourth-order valence-corrected chi connectivity index (χ4v) is 5.23. The van der Waals surface area contributed by atoms with Crippen LogP contribution in [0.2, 0.25) is 5.02 Å². The van der Waals surface area contributed by atoms with E-state index in [1.165, 1.54) is 0 Å². The maximum Gasteiger partial charge on any atom is 0.407 e. The molecule has 0 saturated heterocycles. The van der Waals surface area contributed by atoms with Crippen LogP contribution in [0.3, 0.4) is 0 Å². The minimum absolute atomic E-state index is 0.299. The third-order valence-corrected chi connectivity index (χ3v) is 7.11. The topological polar surface area (TPSA) is 112 Å². The molecule has 1 aromatic carbocycles. The maximum atomic E-state index is 11.8. The number of nitrogen functional groups attached to an aromatic ring is 1. The van der Waals surface area contributed by atoms with Gasteiger partial charge >= 0.3 is 6.09 Å². The number of benzene rings is 1. The molecule has 4 rings (SSSR count). The fraction of sp³-hybridized carbons (Fsp3) is 0.556. The largest absolute Gasteiger partial charge is 0.463 e.